The van der Waals surface area contributed by atoms with Gasteiger partial charge in [-0.15, -0.1) is 11.8 Å². The molecule has 0 spiro atoms. The molecule has 0 aromatic heterocycles. The first-order chi connectivity index (χ1) is 20.4. The smallest absolute Gasteiger partial charge is 0.242 e. The van der Waals surface area contributed by atoms with Crippen molar-refractivity contribution in [2.45, 2.75) is 95.1 Å². The van der Waals surface area contributed by atoms with E-state index in [1.165, 1.54) is 4.90 Å². The summed E-state index contributed by atoms with van der Waals surface area (Å²) in [6.07, 6.45) is 10.9. The molecule has 1 saturated carbocycles. The Morgan fingerprint density at radius 2 is 1.52 bits per heavy atom. The average Bonchev–Trinajstić information content (AvgIpc) is 3.27. The van der Waals surface area contributed by atoms with Crippen LogP contribution in [-0.4, -0.2) is 65.6 Å². The third-order valence-electron chi connectivity index (χ3n) is 8.21. The monoisotopic (exact) mass is 600 g/mol. The number of anilines is 1. The number of amides is 5. The van der Waals surface area contributed by atoms with E-state index in [2.05, 4.69) is 16.0 Å². The standard InChI is InChI=1S/C32H48N4O5S/c1-33-31(40)25-18-16-24(17-19-25)23-34-28(37)14-9-5-10-20-36-30(39)22-27(32(36)41)42-21-11-3-2-8-15-29(38)35-26-12-6-4-7-13-26/h4,6-7,12-13,24-25,27H,2-3,5,8-11,14-23H2,1H3,(H,33,40)(H,34,37)(H,35,38). The van der Waals surface area contributed by atoms with Crippen LogP contribution in [0.4, 0.5) is 5.69 Å². The van der Waals surface area contributed by atoms with E-state index in [9.17, 15) is 24.0 Å². The van der Waals surface area contributed by atoms with Crippen molar-refractivity contribution in [1.29, 1.82) is 0 Å². The lowest BCUT2D eigenvalue weighted by Gasteiger charge is -2.27. The quantitative estimate of drug-likeness (QED) is 0.166. The Labute approximate surface area is 254 Å². The largest absolute Gasteiger partial charge is 0.359 e. The maximum absolute atomic E-state index is 12.7. The van der Waals surface area contributed by atoms with Gasteiger partial charge in [0.15, 0.2) is 0 Å². The Bertz CT molecular complexity index is 1030. The summed E-state index contributed by atoms with van der Waals surface area (Å²) >= 11 is 1.57. The first-order valence-electron chi connectivity index (χ1n) is 15.7. The molecule has 1 saturated heterocycles. The number of carbonyl (C=O) groups is 5. The van der Waals surface area contributed by atoms with Gasteiger partial charge in [0.1, 0.15) is 0 Å². The highest BCUT2D eigenvalue weighted by atomic mass is 32.2. The van der Waals surface area contributed by atoms with Crippen LogP contribution in [0.2, 0.25) is 0 Å². The Balaban J connectivity index is 1.17. The zero-order valence-corrected chi connectivity index (χ0v) is 25.9. The number of likely N-dealkylation sites (tertiary alicyclic amines) is 1. The number of unbranched alkanes of at least 4 members (excludes halogenated alkanes) is 5. The molecule has 2 aliphatic rings. The summed E-state index contributed by atoms with van der Waals surface area (Å²) < 4.78 is 0. The van der Waals surface area contributed by atoms with Crippen LogP contribution in [0.5, 0.6) is 0 Å². The van der Waals surface area contributed by atoms with E-state index in [-0.39, 0.29) is 47.1 Å². The summed E-state index contributed by atoms with van der Waals surface area (Å²) in [5.41, 5.74) is 0.817. The van der Waals surface area contributed by atoms with Crippen molar-refractivity contribution in [1.82, 2.24) is 15.5 Å². The van der Waals surface area contributed by atoms with Crippen LogP contribution in [0.15, 0.2) is 30.3 Å². The lowest BCUT2D eigenvalue weighted by atomic mass is 9.81. The molecule has 9 nitrogen and oxygen atoms in total. The van der Waals surface area contributed by atoms with Crippen LogP contribution in [0.3, 0.4) is 0 Å². The van der Waals surface area contributed by atoms with Gasteiger partial charge < -0.3 is 16.0 Å². The van der Waals surface area contributed by atoms with Gasteiger partial charge in [-0.25, -0.2) is 0 Å². The molecule has 1 atom stereocenters. The molecular formula is C32H48N4O5S. The van der Waals surface area contributed by atoms with Crippen LogP contribution < -0.4 is 16.0 Å². The third-order valence-corrected chi connectivity index (χ3v) is 9.51. The molecule has 1 aliphatic carbocycles. The molecule has 2 fully saturated rings. The second-order valence-electron chi connectivity index (χ2n) is 11.5. The van der Waals surface area contributed by atoms with E-state index < -0.39 is 0 Å². The van der Waals surface area contributed by atoms with Gasteiger partial charge in [0.25, 0.3) is 0 Å². The summed E-state index contributed by atoms with van der Waals surface area (Å²) in [4.78, 5) is 62.6. The van der Waals surface area contributed by atoms with Crippen molar-refractivity contribution >= 4 is 47.0 Å². The first-order valence-corrected chi connectivity index (χ1v) is 16.7. The fraction of sp³-hybridized carbons (Fsp3) is 0.656. The number of hydrogen-bond donors (Lipinski definition) is 3. The van der Waals surface area contributed by atoms with Gasteiger partial charge in [0, 0.05) is 51.0 Å². The number of nitrogens with zero attached hydrogens (tertiary/aromatic N) is 1. The summed E-state index contributed by atoms with van der Waals surface area (Å²) in [6, 6.07) is 9.45. The molecular weight excluding hydrogens is 552 g/mol. The number of benzene rings is 1. The molecule has 0 radical (unpaired) electrons. The zero-order chi connectivity index (χ0) is 30.2. The SMILES string of the molecule is CNC(=O)C1CCC(CNC(=O)CCCCCN2C(=O)CC(SCCCCCCC(=O)Nc3ccccc3)C2=O)CC1. The molecule has 3 N–H and O–H groups in total. The van der Waals surface area contributed by atoms with Gasteiger partial charge >= 0.3 is 0 Å². The van der Waals surface area contributed by atoms with E-state index in [1.807, 2.05) is 30.3 Å². The molecule has 10 heteroatoms. The van der Waals surface area contributed by atoms with Gasteiger partial charge in [-0.05, 0) is 75.2 Å². The van der Waals surface area contributed by atoms with Gasteiger partial charge in [-0.3, -0.25) is 28.9 Å². The van der Waals surface area contributed by atoms with E-state index in [0.29, 0.717) is 38.3 Å². The maximum atomic E-state index is 12.7. The van der Waals surface area contributed by atoms with Crippen LogP contribution in [0.1, 0.15) is 89.9 Å². The number of rotatable bonds is 18. The zero-order valence-electron chi connectivity index (χ0n) is 25.0. The number of nitrogens with one attached hydrogen (secondary N) is 3. The fourth-order valence-electron chi connectivity index (χ4n) is 5.64. The highest BCUT2D eigenvalue weighted by molar-refractivity contribution is 8.00. The molecule has 232 valence electrons. The molecule has 1 heterocycles. The Hall–Kier alpha value is -2.88. The van der Waals surface area contributed by atoms with Gasteiger partial charge in [-0.1, -0.05) is 37.5 Å². The third kappa shape index (κ3) is 11.8. The Morgan fingerprint density at radius 1 is 0.857 bits per heavy atom. The molecule has 3 rings (SSSR count). The number of hydrogen-bond acceptors (Lipinski definition) is 6. The van der Waals surface area contributed by atoms with E-state index in [0.717, 1.165) is 75.6 Å². The maximum Gasteiger partial charge on any atom is 0.242 e. The van der Waals surface area contributed by atoms with Crippen molar-refractivity contribution in [3.05, 3.63) is 30.3 Å². The highest BCUT2D eigenvalue weighted by Crippen LogP contribution is 2.29. The minimum atomic E-state index is -0.286. The lowest BCUT2D eigenvalue weighted by Crippen LogP contribution is -2.34. The molecule has 1 unspecified atom stereocenters. The normalized spacial score (nSPS) is 20.4. The van der Waals surface area contributed by atoms with Crippen molar-refractivity contribution < 1.29 is 24.0 Å². The van der Waals surface area contributed by atoms with Crippen molar-refractivity contribution in [2.75, 3.05) is 31.2 Å². The number of imide groups is 1. The van der Waals surface area contributed by atoms with E-state index in [1.54, 1.807) is 18.8 Å². The minimum Gasteiger partial charge on any atom is -0.359 e. The minimum absolute atomic E-state index is 0.0304. The Kier molecular flexibility index (Phi) is 14.9. The lowest BCUT2D eigenvalue weighted by molar-refractivity contribution is -0.138. The molecule has 1 aromatic rings. The number of para-hydroxylation sites is 1. The van der Waals surface area contributed by atoms with Crippen molar-refractivity contribution in [3.8, 4) is 0 Å². The predicted molar refractivity (Wildman–Crippen MR) is 167 cm³/mol. The average molecular weight is 601 g/mol. The van der Waals surface area contributed by atoms with Crippen LogP contribution in [0, 0.1) is 11.8 Å². The second-order valence-corrected chi connectivity index (χ2v) is 12.8. The highest BCUT2D eigenvalue weighted by Gasteiger charge is 2.38. The molecule has 0 bridgehead atoms. The predicted octanol–water partition coefficient (Wildman–Crippen LogP) is 4.67. The van der Waals surface area contributed by atoms with Gasteiger partial charge in [-0.2, -0.15) is 0 Å². The summed E-state index contributed by atoms with van der Waals surface area (Å²) in [5, 5.41) is 8.37. The molecule has 1 aromatic carbocycles. The second kappa shape index (κ2) is 18.6. The molecule has 42 heavy (non-hydrogen) atoms. The topological polar surface area (TPSA) is 125 Å². The van der Waals surface area contributed by atoms with Crippen LogP contribution in [0.25, 0.3) is 0 Å². The Morgan fingerprint density at radius 3 is 2.24 bits per heavy atom. The van der Waals surface area contributed by atoms with Crippen molar-refractivity contribution in [2.24, 2.45) is 11.8 Å². The van der Waals surface area contributed by atoms with Crippen LogP contribution in [-0.2, 0) is 24.0 Å². The van der Waals surface area contributed by atoms with Gasteiger partial charge in [0.2, 0.25) is 29.5 Å². The number of thioether (sulfide) groups is 1. The van der Waals surface area contributed by atoms with Crippen molar-refractivity contribution in [3.63, 3.8) is 0 Å². The molecule has 1 aliphatic heterocycles. The van der Waals surface area contributed by atoms with E-state index >= 15 is 0 Å². The van der Waals surface area contributed by atoms with E-state index in [4.69, 9.17) is 0 Å². The molecule has 5 amide bonds. The summed E-state index contributed by atoms with van der Waals surface area (Å²) in [6.45, 7) is 1.09. The van der Waals surface area contributed by atoms with Crippen LogP contribution >= 0.6 is 11.8 Å². The number of carbonyl (C=O) groups excluding carboxylic acids is 5. The summed E-state index contributed by atoms with van der Waals surface area (Å²) in [7, 11) is 1.68. The summed E-state index contributed by atoms with van der Waals surface area (Å²) in [5.74, 6) is 1.40. The fourth-order valence-corrected chi connectivity index (χ4v) is 6.83. The first kappa shape index (κ1) is 33.6. The van der Waals surface area contributed by atoms with Gasteiger partial charge in [0.05, 0.1) is 5.25 Å².